The highest BCUT2D eigenvalue weighted by atomic mass is 32.3. The number of alkyl halides is 2. The fraction of sp³-hybridized carbons (Fsp3) is 0.417. The zero-order valence-electron chi connectivity index (χ0n) is 21.3. The van der Waals surface area contributed by atoms with Gasteiger partial charge in [0, 0.05) is 12.6 Å². The number of fused-ring (bicyclic) bond motifs is 1. The third kappa shape index (κ3) is 4.79. The summed E-state index contributed by atoms with van der Waals surface area (Å²) in [4.78, 5) is 37.0. The predicted molar refractivity (Wildman–Crippen MR) is 137 cm³/mol. The first kappa shape index (κ1) is 28.3. The number of hydrogen-bond acceptors (Lipinski definition) is 8. The number of aliphatic imine (C=N–C) groups is 1. The third-order valence-electron chi connectivity index (χ3n) is 6.98. The summed E-state index contributed by atoms with van der Waals surface area (Å²) >= 11 is 0. The van der Waals surface area contributed by atoms with Crippen molar-refractivity contribution >= 4 is 34.1 Å². The second-order valence-corrected chi connectivity index (χ2v) is 13.2. The average molecular weight is 566 g/mol. The van der Waals surface area contributed by atoms with Crippen molar-refractivity contribution in [1.29, 1.82) is 5.26 Å². The number of amides is 2. The van der Waals surface area contributed by atoms with Gasteiger partial charge in [-0.15, -0.1) is 0 Å². The number of amidine groups is 1. The molecule has 5 N–H and O–H groups in total. The summed E-state index contributed by atoms with van der Waals surface area (Å²) < 4.78 is 57.6. The Labute approximate surface area is 223 Å². The summed E-state index contributed by atoms with van der Waals surface area (Å²) in [6, 6.07) is 5.49. The minimum absolute atomic E-state index is 0.0202. The Morgan fingerprint density at radius 1 is 1.26 bits per heavy atom. The standard InChI is InChI=1S/C24H26F3N7O4S/c1-12-7-13(9-28)10-29-17(12)19(35)32-16-6-5-14(25)18(31-16)23(4)15-8-24(26,27)11-30-39(15,38)22(2,3)20(34-23)33-21(36)37/h5-7,10,15,30,38H,8,11H2,1-4H3,(H,33,34)(H,36,37)(H,31,32,35)/t15-,23+/m1/s1. The van der Waals surface area contributed by atoms with Crippen LogP contribution in [0.1, 0.15) is 54.5 Å². The second kappa shape index (κ2) is 9.47. The Morgan fingerprint density at radius 3 is 2.56 bits per heavy atom. The van der Waals surface area contributed by atoms with Crippen molar-refractivity contribution in [3.05, 3.63) is 52.7 Å². The molecule has 2 aromatic rings. The first-order valence-corrected chi connectivity index (χ1v) is 13.3. The molecule has 1 fully saturated rings. The van der Waals surface area contributed by atoms with Gasteiger partial charge >= 0.3 is 6.09 Å². The van der Waals surface area contributed by atoms with Gasteiger partial charge < -0.3 is 15.0 Å². The number of carbonyl (C=O) groups is 2. The molecule has 0 bridgehead atoms. The molecular formula is C24H26F3N7O4S. The van der Waals surface area contributed by atoms with Crippen LogP contribution in [0.15, 0.2) is 29.4 Å². The number of aromatic nitrogens is 2. The second-order valence-electron chi connectivity index (χ2n) is 10.0. The van der Waals surface area contributed by atoms with Crippen LogP contribution in [0.5, 0.6) is 0 Å². The molecular weight excluding hydrogens is 539 g/mol. The molecule has 4 rings (SSSR count). The van der Waals surface area contributed by atoms with E-state index < -0.39 is 68.4 Å². The number of carbonyl (C=O) groups excluding carboxylic acids is 1. The molecule has 0 aromatic carbocycles. The van der Waals surface area contributed by atoms with Crippen molar-refractivity contribution in [3.8, 4) is 6.07 Å². The van der Waals surface area contributed by atoms with Crippen LogP contribution in [0.4, 0.5) is 23.8 Å². The van der Waals surface area contributed by atoms with Crippen molar-refractivity contribution in [1.82, 2.24) is 20.0 Å². The molecule has 11 nitrogen and oxygen atoms in total. The normalized spacial score (nSPS) is 26.9. The van der Waals surface area contributed by atoms with Gasteiger partial charge in [0.2, 0.25) is 0 Å². The monoisotopic (exact) mass is 565 g/mol. The number of rotatable bonds is 3. The highest BCUT2D eigenvalue weighted by molar-refractivity contribution is 8.29. The number of pyridine rings is 2. The topological polar surface area (TPSA) is 173 Å². The fourth-order valence-electron chi connectivity index (χ4n) is 4.83. The van der Waals surface area contributed by atoms with E-state index in [4.69, 9.17) is 5.26 Å². The quantitative estimate of drug-likeness (QED) is 0.373. The van der Waals surface area contributed by atoms with Crippen molar-refractivity contribution in [3.63, 3.8) is 0 Å². The molecule has 2 aliphatic rings. The molecule has 0 spiro atoms. The van der Waals surface area contributed by atoms with Crippen LogP contribution >= 0.6 is 10.5 Å². The summed E-state index contributed by atoms with van der Waals surface area (Å²) in [6.45, 7) is 4.93. The van der Waals surface area contributed by atoms with Gasteiger partial charge in [-0.3, -0.25) is 19.8 Å². The number of halogens is 3. The van der Waals surface area contributed by atoms with Crippen LogP contribution in [-0.4, -0.2) is 59.9 Å². The lowest BCUT2D eigenvalue weighted by molar-refractivity contribution is -0.0148. The van der Waals surface area contributed by atoms with Crippen LogP contribution in [0.25, 0.3) is 0 Å². The van der Waals surface area contributed by atoms with Gasteiger partial charge in [-0.25, -0.2) is 27.9 Å². The summed E-state index contributed by atoms with van der Waals surface area (Å²) in [7, 11) is -3.31. The largest absolute Gasteiger partial charge is 0.465 e. The first-order valence-electron chi connectivity index (χ1n) is 11.7. The number of anilines is 1. The number of nitriles is 1. The van der Waals surface area contributed by atoms with Crippen molar-refractivity contribution in [2.75, 3.05) is 11.9 Å². The van der Waals surface area contributed by atoms with E-state index in [-0.39, 0.29) is 22.9 Å². The molecule has 2 aliphatic heterocycles. The Morgan fingerprint density at radius 2 is 1.95 bits per heavy atom. The van der Waals surface area contributed by atoms with Crippen molar-refractivity contribution in [2.24, 2.45) is 4.99 Å². The van der Waals surface area contributed by atoms with Crippen LogP contribution in [0.3, 0.4) is 0 Å². The molecule has 1 saturated heterocycles. The smallest absolute Gasteiger partial charge is 0.410 e. The lowest BCUT2D eigenvalue weighted by Crippen LogP contribution is -2.66. The lowest BCUT2D eigenvalue weighted by Gasteiger charge is -2.62. The molecule has 4 heterocycles. The zero-order chi connectivity index (χ0) is 29.0. The maximum atomic E-state index is 15.4. The minimum atomic E-state index is -3.31. The van der Waals surface area contributed by atoms with Crippen LogP contribution in [0.2, 0.25) is 0 Å². The van der Waals surface area contributed by atoms with E-state index in [9.17, 15) is 28.0 Å². The van der Waals surface area contributed by atoms with Gasteiger partial charge in [0.25, 0.3) is 11.8 Å². The number of hydrogen-bond donors (Lipinski definition) is 5. The van der Waals surface area contributed by atoms with E-state index >= 15 is 4.39 Å². The van der Waals surface area contributed by atoms with Crippen molar-refractivity contribution in [2.45, 2.75) is 55.6 Å². The molecule has 0 saturated carbocycles. The van der Waals surface area contributed by atoms with E-state index in [2.05, 4.69) is 30.3 Å². The molecule has 2 amide bonds. The van der Waals surface area contributed by atoms with Crippen LogP contribution in [-0.2, 0) is 5.54 Å². The molecule has 0 radical (unpaired) electrons. The number of aryl methyl sites for hydroxylation is 1. The first-order chi connectivity index (χ1) is 18.0. The van der Waals surface area contributed by atoms with Gasteiger partial charge in [0.1, 0.15) is 40.5 Å². The molecule has 0 unspecified atom stereocenters. The Kier molecular flexibility index (Phi) is 6.87. The SMILES string of the molecule is Cc1cc(C#N)cnc1C(=O)Nc1ccc(F)c([C@@]2(C)N=C(NC(=O)O)C(C)(C)[S@@]3(O)NCC(F)(F)C[C@H]23)n1. The van der Waals surface area contributed by atoms with Crippen LogP contribution < -0.4 is 15.4 Å². The summed E-state index contributed by atoms with van der Waals surface area (Å²) in [6.07, 6.45) is -1.17. The summed E-state index contributed by atoms with van der Waals surface area (Å²) in [5.41, 5.74) is -1.82. The predicted octanol–water partition coefficient (Wildman–Crippen LogP) is 3.91. The summed E-state index contributed by atoms with van der Waals surface area (Å²) in [5, 5.41) is 21.6. The molecule has 0 aliphatic carbocycles. The molecule has 39 heavy (non-hydrogen) atoms. The van der Waals surface area contributed by atoms with Gasteiger partial charge in [-0.1, -0.05) is 10.5 Å². The fourth-order valence-corrected chi connectivity index (χ4v) is 8.24. The zero-order valence-corrected chi connectivity index (χ0v) is 22.2. The van der Waals surface area contributed by atoms with Gasteiger partial charge in [-0.2, -0.15) is 5.26 Å². The third-order valence-corrected chi connectivity index (χ3v) is 10.8. The van der Waals surface area contributed by atoms with Gasteiger partial charge in [0.05, 0.1) is 22.1 Å². The molecule has 15 heteroatoms. The number of nitrogens with zero attached hydrogens (tertiary/aromatic N) is 4. The van der Waals surface area contributed by atoms with Gasteiger partial charge in [0.15, 0.2) is 0 Å². The lowest BCUT2D eigenvalue weighted by atomic mass is 9.88. The molecule has 2 aromatic heterocycles. The van der Waals surface area contributed by atoms with E-state index in [0.717, 1.165) is 12.1 Å². The molecule has 208 valence electrons. The Balaban J connectivity index is 1.83. The number of carboxylic acid groups (broad SMARTS) is 1. The highest BCUT2D eigenvalue weighted by Gasteiger charge is 2.64. The number of nitrogens with one attached hydrogen (secondary N) is 3. The van der Waals surface area contributed by atoms with Crippen LogP contribution in [0, 0.1) is 24.1 Å². The van der Waals surface area contributed by atoms with Crippen molar-refractivity contribution < 1.29 is 32.4 Å². The maximum absolute atomic E-state index is 15.4. The van der Waals surface area contributed by atoms with E-state index in [1.807, 2.05) is 6.07 Å². The highest BCUT2D eigenvalue weighted by Crippen LogP contribution is 2.68. The van der Waals surface area contributed by atoms with E-state index in [0.29, 0.717) is 5.56 Å². The average Bonchev–Trinajstić information content (AvgIpc) is 2.84. The minimum Gasteiger partial charge on any atom is -0.465 e. The van der Waals surface area contributed by atoms with E-state index in [1.165, 1.54) is 33.0 Å². The van der Waals surface area contributed by atoms with E-state index in [1.54, 1.807) is 6.92 Å². The maximum Gasteiger partial charge on any atom is 0.410 e. The van der Waals surface area contributed by atoms with Gasteiger partial charge in [-0.05, 0) is 51.5 Å². The Hall–Kier alpha value is -3.74. The molecule has 3 atom stereocenters. The Bertz CT molecular complexity index is 1450. The summed E-state index contributed by atoms with van der Waals surface area (Å²) in [5.74, 6) is -5.38.